The summed E-state index contributed by atoms with van der Waals surface area (Å²) >= 11 is 0. The van der Waals surface area contributed by atoms with Crippen LogP contribution in [0.5, 0.6) is 0 Å². The Morgan fingerprint density at radius 2 is 0.548 bits per heavy atom. The Morgan fingerprint density at radius 3 is 0.839 bits per heavy atom. The van der Waals surface area contributed by atoms with E-state index >= 15 is 0 Å². The van der Waals surface area contributed by atoms with Crippen LogP contribution < -0.4 is 0 Å². The van der Waals surface area contributed by atoms with Crippen LogP contribution in [0.1, 0.15) is 366 Å². The van der Waals surface area contributed by atoms with Crippen molar-refractivity contribution in [2.24, 2.45) is 118 Å². The number of rotatable bonds is 2. The lowest BCUT2D eigenvalue weighted by Crippen LogP contribution is -2.30. The van der Waals surface area contributed by atoms with Crippen molar-refractivity contribution in [3.8, 4) is 0 Å². The number of hydrogen-bond acceptors (Lipinski definition) is 6. The van der Waals surface area contributed by atoms with Crippen molar-refractivity contribution in [2.45, 2.75) is 378 Å². The monoisotopic (exact) mass is 1310 g/mol. The van der Waals surface area contributed by atoms with Gasteiger partial charge in [-0.25, -0.2) is 4.79 Å². The van der Waals surface area contributed by atoms with Gasteiger partial charge in [-0.2, -0.15) is 0 Å². The minimum absolute atomic E-state index is 0.154. The zero-order valence-corrected chi connectivity index (χ0v) is 64.0. The van der Waals surface area contributed by atoms with E-state index in [0.29, 0.717) is 50.1 Å². The molecule has 4 aliphatic carbocycles. The molecule has 5 aliphatic rings. The van der Waals surface area contributed by atoms with Gasteiger partial charge in [-0.3, -0.25) is 0 Å². The van der Waals surface area contributed by atoms with Crippen molar-refractivity contribution in [2.75, 3.05) is 39.6 Å². The molecule has 0 radical (unpaired) electrons. The summed E-state index contributed by atoms with van der Waals surface area (Å²) in [4.78, 5) is 24.0. The largest absolute Gasteiger partial charge is 0.479 e. The van der Waals surface area contributed by atoms with Gasteiger partial charge in [0, 0.05) is 26.4 Å². The van der Waals surface area contributed by atoms with E-state index in [4.69, 9.17) is 18.9 Å². The van der Waals surface area contributed by atoms with Crippen LogP contribution in [0.2, 0.25) is 0 Å². The van der Waals surface area contributed by atoms with Gasteiger partial charge in [0.15, 0.2) is 12.4 Å². The van der Waals surface area contributed by atoms with Gasteiger partial charge in [0.2, 0.25) is 0 Å². The first-order valence-electron chi connectivity index (χ1n) is 41.9. The summed E-state index contributed by atoms with van der Waals surface area (Å²) in [7, 11) is 0. The Hall–Kier alpha value is -1.02. The quantitative estimate of drug-likeness (QED) is 0.275. The summed E-state index contributed by atoms with van der Waals surface area (Å²) in [5.74, 6) is 15.8. The molecule has 5 rings (SSSR count). The molecule has 0 aromatic carbocycles. The van der Waals surface area contributed by atoms with Crippen molar-refractivity contribution in [1.82, 2.24) is 0 Å². The molecule has 0 aromatic heterocycles. The lowest BCUT2D eigenvalue weighted by molar-refractivity contribution is -0.155. The predicted molar refractivity (Wildman–Crippen MR) is 396 cm³/mol. The maximum atomic E-state index is 12.1. The third-order valence-electron chi connectivity index (χ3n) is 26.9. The van der Waals surface area contributed by atoms with Crippen LogP contribution in [-0.2, 0) is 28.5 Å². The Kier molecular flexibility index (Phi) is 43.3. The van der Waals surface area contributed by atoms with Gasteiger partial charge < -0.3 is 28.8 Å². The number of carboxylic acids is 1. The SMILES string of the molecule is CC1CCCC2CCC(C2)C(C)CCCC(C)CCC(C)CCCC(C)C2CCC(CCCC(C)CCOCC(C(=O)O)OCCC(C)CCCC3CCC(C3)C(C)CCCC(C)CCC(C)CCCC(C)C3CCC(CCCC(C)CCOC(C=O)COCC1)C3)C2. The third-order valence-corrected chi connectivity index (χ3v) is 26.9. The number of carbonyl (C=O) groups excluding carboxylic acids is 1. The van der Waals surface area contributed by atoms with E-state index in [1.54, 1.807) is 0 Å². The molecule has 1 aliphatic heterocycles. The maximum absolute atomic E-state index is 12.1. The fourth-order valence-corrected chi connectivity index (χ4v) is 19.1. The molecule has 22 unspecified atom stereocenters. The second-order valence-electron chi connectivity index (χ2n) is 35.7. The number of carbonyl (C=O) groups is 2. The zero-order valence-electron chi connectivity index (χ0n) is 64.0. The number of aldehydes is 1. The Labute approximate surface area is 578 Å². The standard InChI is InChI=1S/C86H160O7/c1-64-21-13-29-72(9)80-45-41-76(57-80)33-17-25-68(5)49-53-90-62-84(61-87)92-55-51-70(7)27-19-35-78-43-47-82(59-78)74(11)31-15-23-66(3)39-40-67(4)24-16-32-75(12)83-48-44-79(60-83)36-20-28-71(8)52-56-93-85(86(88)89)63-91-54-50-69(6)26-18-34-77-42-46-81(58-77)73(10)30-14-22-65(2)38-37-64/h61,64-85H,13-60,62-63H2,1-12H3,(H,88,89). The van der Waals surface area contributed by atoms with Crippen molar-refractivity contribution in [3.63, 3.8) is 0 Å². The molecule has 7 nitrogen and oxygen atoms in total. The van der Waals surface area contributed by atoms with Gasteiger partial charge in [-0.1, -0.05) is 289 Å². The second-order valence-corrected chi connectivity index (χ2v) is 35.7. The van der Waals surface area contributed by atoms with E-state index in [1.165, 1.54) is 257 Å². The summed E-state index contributed by atoms with van der Waals surface area (Å²) in [6.45, 7) is 32.9. The first-order valence-corrected chi connectivity index (χ1v) is 41.9. The highest BCUT2D eigenvalue weighted by Gasteiger charge is 2.33. The van der Waals surface area contributed by atoms with Crippen LogP contribution in [0.15, 0.2) is 0 Å². The number of ether oxygens (including phenoxy) is 4. The number of aliphatic carboxylic acids is 1. The summed E-state index contributed by atoms with van der Waals surface area (Å²) in [5.41, 5.74) is 0. The fraction of sp³-hybridized carbons (Fsp3) is 0.977. The minimum Gasteiger partial charge on any atom is -0.479 e. The molecule has 1 saturated heterocycles. The first kappa shape index (κ1) is 82.6. The normalized spacial score (nSPS) is 40.2. The van der Waals surface area contributed by atoms with E-state index in [9.17, 15) is 14.7 Å². The summed E-state index contributed by atoms with van der Waals surface area (Å²) in [6, 6.07) is 0. The lowest BCUT2D eigenvalue weighted by Gasteiger charge is -2.22. The molecule has 22 atom stereocenters. The van der Waals surface area contributed by atoms with Crippen LogP contribution in [0, 0.1) is 118 Å². The Bertz CT molecular complexity index is 1840. The van der Waals surface area contributed by atoms with Gasteiger partial charge in [0.05, 0.1) is 13.2 Å². The highest BCUT2D eigenvalue weighted by molar-refractivity contribution is 5.72. The molecule has 4 saturated carbocycles. The van der Waals surface area contributed by atoms with E-state index in [0.717, 1.165) is 133 Å². The van der Waals surface area contributed by atoms with Crippen molar-refractivity contribution in [1.29, 1.82) is 0 Å². The summed E-state index contributed by atoms with van der Waals surface area (Å²) < 4.78 is 24.0. The van der Waals surface area contributed by atoms with Gasteiger partial charge in [-0.15, -0.1) is 0 Å². The first-order chi connectivity index (χ1) is 44.8. The van der Waals surface area contributed by atoms with Gasteiger partial charge in [0.25, 0.3) is 0 Å². The van der Waals surface area contributed by atoms with Crippen LogP contribution >= 0.6 is 0 Å². The Balaban J connectivity index is 0.970. The molecule has 8 bridgehead atoms. The average molecular weight is 1310 g/mol. The van der Waals surface area contributed by atoms with Crippen molar-refractivity contribution in [3.05, 3.63) is 0 Å². The smallest absolute Gasteiger partial charge is 0.335 e. The van der Waals surface area contributed by atoms with Gasteiger partial charge >= 0.3 is 5.97 Å². The Morgan fingerprint density at radius 1 is 0.290 bits per heavy atom. The van der Waals surface area contributed by atoms with E-state index in [2.05, 4.69) is 83.1 Å². The van der Waals surface area contributed by atoms with Gasteiger partial charge in [0.1, 0.15) is 6.10 Å². The van der Waals surface area contributed by atoms with E-state index in [-0.39, 0.29) is 6.61 Å². The van der Waals surface area contributed by atoms with Gasteiger partial charge in [-0.05, 0) is 195 Å². The molecule has 546 valence electrons. The topological polar surface area (TPSA) is 91.3 Å². The van der Waals surface area contributed by atoms with Crippen LogP contribution in [0.4, 0.5) is 0 Å². The van der Waals surface area contributed by atoms with E-state index < -0.39 is 18.2 Å². The second kappa shape index (κ2) is 48.7. The number of carboxylic acid groups (broad SMARTS) is 1. The van der Waals surface area contributed by atoms with Crippen molar-refractivity contribution >= 4 is 12.3 Å². The summed E-state index contributed by atoms with van der Waals surface area (Å²) in [5, 5.41) is 9.94. The molecular weight excluding hydrogens is 1140 g/mol. The van der Waals surface area contributed by atoms with Crippen LogP contribution in [0.25, 0.3) is 0 Å². The average Bonchev–Trinajstić information content (AvgIpc) is 2.28. The molecule has 0 amide bonds. The fourth-order valence-electron chi connectivity index (χ4n) is 19.1. The molecule has 0 spiro atoms. The molecule has 1 N–H and O–H groups in total. The molecule has 1 heterocycles. The minimum atomic E-state index is -0.895. The molecule has 5 fully saturated rings. The molecular formula is C86H160O7. The summed E-state index contributed by atoms with van der Waals surface area (Å²) in [6.07, 6.45) is 59.3. The van der Waals surface area contributed by atoms with Crippen LogP contribution in [0.3, 0.4) is 0 Å². The number of hydrogen-bond donors (Lipinski definition) is 1. The van der Waals surface area contributed by atoms with Crippen LogP contribution in [-0.4, -0.2) is 69.2 Å². The third kappa shape index (κ3) is 36.2. The van der Waals surface area contributed by atoms with Crippen molar-refractivity contribution < 1.29 is 33.6 Å². The highest BCUT2D eigenvalue weighted by atomic mass is 16.5. The number of fused-ring (bicyclic) bond motifs is 8. The molecule has 7 heteroatoms. The molecule has 93 heavy (non-hydrogen) atoms. The lowest BCUT2D eigenvalue weighted by atomic mass is 9.84. The van der Waals surface area contributed by atoms with E-state index in [1.807, 2.05) is 0 Å². The highest BCUT2D eigenvalue weighted by Crippen LogP contribution is 2.44. The zero-order chi connectivity index (χ0) is 67.2. The maximum Gasteiger partial charge on any atom is 0.335 e. The molecule has 0 aromatic rings. The predicted octanol–water partition coefficient (Wildman–Crippen LogP) is 24.9.